The zero-order valence-corrected chi connectivity index (χ0v) is 9.53. The first-order valence-corrected chi connectivity index (χ1v) is 5.67. The summed E-state index contributed by atoms with van der Waals surface area (Å²) in [6.45, 7) is 2.01. The third-order valence-electron chi connectivity index (χ3n) is 3.03. The molecule has 0 aromatic heterocycles. The zero-order valence-electron chi connectivity index (χ0n) is 9.53. The molecule has 0 aliphatic carbocycles. The van der Waals surface area contributed by atoms with E-state index in [-0.39, 0.29) is 5.78 Å². The average molecular weight is 219 g/mol. The van der Waals surface area contributed by atoms with Gasteiger partial charge in [0, 0.05) is 12.0 Å². The molecule has 1 fully saturated rings. The Morgan fingerprint density at radius 2 is 2.44 bits per heavy atom. The van der Waals surface area contributed by atoms with Crippen LogP contribution in [0.1, 0.15) is 23.2 Å². The molecule has 16 heavy (non-hydrogen) atoms. The van der Waals surface area contributed by atoms with Crippen LogP contribution in [-0.4, -0.2) is 26.0 Å². The second kappa shape index (κ2) is 5.12. The molecule has 3 heteroatoms. The van der Waals surface area contributed by atoms with Crippen LogP contribution in [0, 0.1) is 5.92 Å². The van der Waals surface area contributed by atoms with Crippen LogP contribution in [0.4, 0.5) is 0 Å². The number of ketones is 1. The fourth-order valence-corrected chi connectivity index (χ4v) is 2.07. The van der Waals surface area contributed by atoms with Gasteiger partial charge in [-0.05, 0) is 37.6 Å². The lowest BCUT2D eigenvalue weighted by atomic mass is 9.97. The number of ether oxygens (including phenoxy) is 1. The Kier molecular flexibility index (Phi) is 3.57. The van der Waals surface area contributed by atoms with Crippen LogP contribution in [0.2, 0.25) is 0 Å². The number of nitrogens with one attached hydrogen (secondary N) is 1. The van der Waals surface area contributed by atoms with Crippen LogP contribution in [0.25, 0.3) is 0 Å². The maximum absolute atomic E-state index is 12.0. The monoisotopic (exact) mass is 219 g/mol. The van der Waals surface area contributed by atoms with E-state index in [0.29, 0.717) is 12.3 Å². The molecule has 1 unspecified atom stereocenters. The smallest absolute Gasteiger partial charge is 0.163 e. The van der Waals surface area contributed by atoms with E-state index in [0.717, 1.165) is 30.8 Å². The van der Waals surface area contributed by atoms with E-state index in [9.17, 15) is 4.79 Å². The van der Waals surface area contributed by atoms with Crippen molar-refractivity contribution in [1.29, 1.82) is 0 Å². The van der Waals surface area contributed by atoms with Gasteiger partial charge in [0.1, 0.15) is 5.75 Å². The molecule has 1 saturated heterocycles. The highest BCUT2D eigenvalue weighted by molar-refractivity contribution is 5.96. The molecule has 1 heterocycles. The van der Waals surface area contributed by atoms with Crippen LogP contribution in [0.3, 0.4) is 0 Å². The topological polar surface area (TPSA) is 38.3 Å². The second-order valence-electron chi connectivity index (χ2n) is 4.22. The van der Waals surface area contributed by atoms with Crippen LogP contribution in [-0.2, 0) is 0 Å². The van der Waals surface area contributed by atoms with Crippen molar-refractivity contribution in [2.24, 2.45) is 5.92 Å². The summed E-state index contributed by atoms with van der Waals surface area (Å²) in [7, 11) is 1.62. The molecular weight excluding hydrogens is 202 g/mol. The number of hydrogen-bond acceptors (Lipinski definition) is 3. The molecule has 2 rings (SSSR count). The molecule has 0 amide bonds. The van der Waals surface area contributed by atoms with E-state index in [2.05, 4.69) is 5.32 Å². The van der Waals surface area contributed by atoms with Crippen molar-refractivity contribution in [2.75, 3.05) is 20.2 Å². The Balaban J connectivity index is 2.01. The minimum atomic E-state index is 0.215. The van der Waals surface area contributed by atoms with E-state index in [1.54, 1.807) is 7.11 Å². The Morgan fingerprint density at radius 3 is 3.12 bits per heavy atom. The summed E-state index contributed by atoms with van der Waals surface area (Å²) in [4.78, 5) is 12.0. The first kappa shape index (κ1) is 11.1. The zero-order chi connectivity index (χ0) is 11.4. The Bertz CT molecular complexity index is 370. The number of benzene rings is 1. The van der Waals surface area contributed by atoms with Gasteiger partial charge in [-0.25, -0.2) is 0 Å². The van der Waals surface area contributed by atoms with E-state index >= 15 is 0 Å². The molecule has 86 valence electrons. The number of Topliss-reactive ketones (excluding diaryl/α,β-unsaturated/α-hetero) is 1. The van der Waals surface area contributed by atoms with Gasteiger partial charge in [-0.15, -0.1) is 0 Å². The van der Waals surface area contributed by atoms with Gasteiger partial charge in [0.2, 0.25) is 0 Å². The number of carbonyl (C=O) groups excluding carboxylic acids is 1. The van der Waals surface area contributed by atoms with Gasteiger partial charge >= 0.3 is 0 Å². The summed E-state index contributed by atoms with van der Waals surface area (Å²) in [6, 6.07) is 7.38. The summed E-state index contributed by atoms with van der Waals surface area (Å²) in [6.07, 6.45) is 1.75. The molecule has 1 aromatic carbocycles. The molecule has 1 N–H and O–H groups in total. The molecule has 0 bridgehead atoms. The van der Waals surface area contributed by atoms with Gasteiger partial charge < -0.3 is 10.1 Å². The van der Waals surface area contributed by atoms with Gasteiger partial charge in [-0.3, -0.25) is 4.79 Å². The highest BCUT2D eigenvalue weighted by Crippen LogP contribution is 2.18. The Labute approximate surface area is 95.8 Å². The highest BCUT2D eigenvalue weighted by atomic mass is 16.5. The number of rotatable bonds is 4. The minimum absolute atomic E-state index is 0.215. The van der Waals surface area contributed by atoms with Crippen molar-refractivity contribution < 1.29 is 9.53 Å². The number of methoxy groups -OCH3 is 1. The number of hydrogen-bond donors (Lipinski definition) is 1. The van der Waals surface area contributed by atoms with Crippen molar-refractivity contribution in [1.82, 2.24) is 5.32 Å². The first-order chi connectivity index (χ1) is 7.79. The van der Waals surface area contributed by atoms with Crippen molar-refractivity contribution in [3.05, 3.63) is 29.8 Å². The molecule has 0 saturated carbocycles. The van der Waals surface area contributed by atoms with E-state index in [1.165, 1.54) is 0 Å². The molecule has 0 spiro atoms. The van der Waals surface area contributed by atoms with Crippen LogP contribution in [0.15, 0.2) is 24.3 Å². The van der Waals surface area contributed by atoms with Gasteiger partial charge in [-0.1, -0.05) is 12.1 Å². The lowest BCUT2D eigenvalue weighted by molar-refractivity contribution is 0.0964. The summed E-state index contributed by atoms with van der Waals surface area (Å²) < 4.78 is 5.11. The van der Waals surface area contributed by atoms with Crippen LogP contribution < -0.4 is 10.1 Å². The first-order valence-electron chi connectivity index (χ1n) is 5.67. The fraction of sp³-hybridized carbons (Fsp3) is 0.462. The summed E-state index contributed by atoms with van der Waals surface area (Å²) in [5.74, 6) is 1.46. The summed E-state index contributed by atoms with van der Waals surface area (Å²) in [5, 5.41) is 3.27. The van der Waals surface area contributed by atoms with Gasteiger partial charge in [0.15, 0.2) is 5.78 Å². The summed E-state index contributed by atoms with van der Waals surface area (Å²) in [5.41, 5.74) is 0.756. The highest BCUT2D eigenvalue weighted by Gasteiger charge is 2.18. The normalized spacial score (nSPS) is 19.7. The van der Waals surface area contributed by atoms with E-state index < -0.39 is 0 Å². The lowest BCUT2D eigenvalue weighted by Crippen LogP contribution is -2.12. The van der Waals surface area contributed by atoms with E-state index in [1.807, 2.05) is 24.3 Å². The van der Waals surface area contributed by atoms with Crippen LogP contribution >= 0.6 is 0 Å². The second-order valence-corrected chi connectivity index (χ2v) is 4.22. The molecule has 1 aliphatic rings. The molecule has 0 radical (unpaired) electrons. The van der Waals surface area contributed by atoms with Crippen molar-refractivity contribution in [3.63, 3.8) is 0 Å². The third kappa shape index (κ3) is 2.61. The maximum atomic E-state index is 12.0. The molecule has 1 aromatic rings. The third-order valence-corrected chi connectivity index (χ3v) is 3.03. The maximum Gasteiger partial charge on any atom is 0.163 e. The van der Waals surface area contributed by atoms with Gasteiger partial charge in [-0.2, -0.15) is 0 Å². The Morgan fingerprint density at radius 1 is 1.56 bits per heavy atom. The average Bonchev–Trinajstić information content (AvgIpc) is 2.82. The van der Waals surface area contributed by atoms with Gasteiger partial charge in [0.25, 0.3) is 0 Å². The molecule has 1 atom stereocenters. The molecule has 1 aliphatic heterocycles. The SMILES string of the molecule is COc1cccc(C(=O)CC2CCNC2)c1. The van der Waals surface area contributed by atoms with Crippen molar-refractivity contribution in [2.45, 2.75) is 12.8 Å². The van der Waals surface area contributed by atoms with Crippen LogP contribution in [0.5, 0.6) is 5.75 Å². The fourth-order valence-electron chi connectivity index (χ4n) is 2.07. The largest absolute Gasteiger partial charge is 0.497 e. The predicted molar refractivity (Wildman–Crippen MR) is 62.9 cm³/mol. The predicted octanol–water partition coefficient (Wildman–Crippen LogP) is 1.88. The number of carbonyl (C=O) groups is 1. The summed E-state index contributed by atoms with van der Waals surface area (Å²) >= 11 is 0. The Hall–Kier alpha value is -1.35. The quantitative estimate of drug-likeness (QED) is 0.786. The van der Waals surface area contributed by atoms with E-state index in [4.69, 9.17) is 4.74 Å². The van der Waals surface area contributed by atoms with Crippen molar-refractivity contribution in [3.8, 4) is 5.75 Å². The standard InChI is InChI=1S/C13H17NO2/c1-16-12-4-2-3-11(8-12)13(15)7-10-5-6-14-9-10/h2-4,8,10,14H,5-7,9H2,1H3. The van der Waals surface area contributed by atoms with Gasteiger partial charge in [0.05, 0.1) is 7.11 Å². The molecule has 3 nitrogen and oxygen atoms in total. The minimum Gasteiger partial charge on any atom is -0.497 e. The molecular formula is C13H17NO2. The van der Waals surface area contributed by atoms with Crippen molar-refractivity contribution >= 4 is 5.78 Å². The lowest BCUT2D eigenvalue weighted by Gasteiger charge is -2.08.